The van der Waals surface area contributed by atoms with Gasteiger partial charge >= 0.3 is 0 Å². The van der Waals surface area contributed by atoms with Crippen LogP contribution in [0.3, 0.4) is 0 Å². The number of methoxy groups -OCH3 is 1. The zero-order valence-electron chi connectivity index (χ0n) is 7.44. The number of nitrogens with one attached hydrogen (secondary N) is 1. The summed E-state index contributed by atoms with van der Waals surface area (Å²) in [6, 6.07) is 2.88. The standard InChI is InChI=1S/C9H8N2O3/c1-14-9-2-5-6(3-7(9)12)11-10-4-8(5)13/h2-4,12H,1H3,(H,11,13). The number of phenolic OH excluding ortho intramolecular Hbond substituents is 1. The average Bonchev–Trinajstić information content (AvgIpc) is 2.17. The van der Waals surface area contributed by atoms with Crippen LogP contribution in [0.2, 0.25) is 0 Å². The quantitative estimate of drug-likeness (QED) is 0.695. The number of ether oxygens (including phenoxy) is 1. The Morgan fingerprint density at radius 1 is 1.50 bits per heavy atom. The number of fused-ring (bicyclic) bond motifs is 1. The molecule has 2 N–H and O–H groups in total. The van der Waals surface area contributed by atoms with Gasteiger partial charge in [-0.1, -0.05) is 0 Å². The molecule has 0 radical (unpaired) electrons. The van der Waals surface area contributed by atoms with Gasteiger partial charge in [-0.3, -0.25) is 9.89 Å². The second-order valence-electron chi connectivity index (χ2n) is 2.80. The Morgan fingerprint density at radius 2 is 2.29 bits per heavy atom. The smallest absolute Gasteiger partial charge is 0.208 e. The van der Waals surface area contributed by atoms with Crippen LogP contribution in [-0.2, 0) is 0 Å². The SMILES string of the molecule is COc1cc2c(=O)cn[nH]c2cc1O. The first-order valence-electron chi connectivity index (χ1n) is 3.97. The third-order valence-electron chi connectivity index (χ3n) is 1.95. The maximum Gasteiger partial charge on any atom is 0.208 e. The van der Waals surface area contributed by atoms with Gasteiger partial charge in [0.15, 0.2) is 11.5 Å². The molecule has 0 fully saturated rings. The minimum atomic E-state index is -0.211. The maximum absolute atomic E-state index is 11.3. The van der Waals surface area contributed by atoms with Gasteiger partial charge < -0.3 is 9.84 Å². The van der Waals surface area contributed by atoms with Crippen molar-refractivity contribution < 1.29 is 9.84 Å². The van der Waals surface area contributed by atoms with Crippen LogP contribution in [-0.4, -0.2) is 22.4 Å². The summed E-state index contributed by atoms with van der Waals surface area (Å²) in [6.45, 7) is 0. The number of phenols is 1. The van der Waals surface area contributed by atoms with Crippen LogP contribution in [0.4, 0.5) is 0 Å². The molecule has 2 aromatic rings. The summed E-state index contributed by atoms with van der Waals surface area (Å²) in [7, 11) is 1.43. The van der Waals surface area contributed by atoms with E-state index in [1.165, 1.54) is 25.4 Å². The van der Waals surface area contributed by atoms with Crippen molar-refractivity contribution in [3.05, 3.63) is 28.6 Å². The van der Waals surface area contributed by atoms with Gasteiger partial charge in [-0.15, -0.1) is 0 Å². The second kappa shape index (κ2) is 3.02. The lowest BCUT2D eigenvalue weighted by Crippen LogP contribution is -2.03. The highest BCUT2D eigenvalue weighted by atomic mass is 16.5. The van der Waals surface area contributed by atoms with Gasteiger partial charge in [-0.25, -0.2) is 0 Å². The largest absolute Gasteiger partial charge is 0.504 e. The molecule has 0 saturated heterocycles. The fraction of sp³-hybridized carbons (Fsp3) is 0.111. The lowest BCUT2D eigenvalue weighted by atomic mass is 10.2. The summed E-state index contributed by atoms with van der Waals surface area (Å²) in [5, 5.41) is 16.1. The average molecular weight is 192 g/mol. The molecule has 1 heterocycles. The van der Waals surface area contributed by atoms with E-state index in [0.717, 1.165) is 0 Å². The normalized spacial score (nSPS) is 10.4. The Hall–Kier alpha value is -2.04. The maximum atomic E-state index is 11.3. The van der Waals surface area contributed by atoms with E-state index < -0.39 is 0 Å². The molecule has 0 saturated carbocycles. The molecular weight excluding hydrogens is 184 g/mol. The third kappa shape index (κ3) is 1.19. The Kier molecular flexibility index (Phi) is 1.85. The molecule has 5 nitrogen and oxygen atoms in total. The monoisotopic (exact) mass is 192 g/mol. The van der Waals surface area contributed by atoms with Crippen molar-refractivity contribution in [1.82, 2.24) is 10.2 Å². The predicted molar refractivity (Wildman–Crippen MR) is 50.6 cm³/mol. The van der Waals surface area contributed by atoms with Crippen molar-refractivity contribution in [2.75, 3.05) is 7.11 Å². The highest BCUT2D eigenvalue weighted by Crippen LogP contribution is 2.28. The third-order valence-corrected chi connectivity index (χ3v) is 1.95. The van der Waals surface area contributed by atoms with E-state index in [2.05, 4.69) is 10.2 Å². The van der Waals surface area contributed by atoms with Gasteiger partial charge in [0.2, 0.25) is 5.43 Å². The van der Waals surface area contributed by atoms with Gasteiger partial charge in [-0.05, 0) is 6.07 Å². The number of rotatable bonds is 1. The molecule has 1 aromatic heterocycles. The highest BCUT2D eigenvalue weighted by Gasteiger charge is 2.06. The molecule has 0 bridgehead atoms. The number of aromatic nitrogens is 2. The molecule has 72 valence electrons. The summed E-state index contributed by atoms with van der Waals surface area (Å²) in [4.78, 5) is 11.3. The molecule has 0 aliphatic rings. The van der Waals surface area contributed by atoms with Gasteiger partial charge in [0, 0.05) is 6.07 Å². The molecule has 0 unspecified atom stereocenters. The van der Waals surface area contributed by atoms with E-state index >= 15 is 0 Å². The number of nitrogens with zero attached hydrogens (tertiary/aromatic N) is 1. The first-order valence-corrected chi connectivity index (χ1v) is 3.97. The molecule has 5 heteroatoms. The van der Waals surface area contributed by atoms with E-state index in [0.29, 0.717) is 10.9 Å². The van der Waals surface area contributed by atoms with Gasteiger partial charge in [0.25, 0.3) is 0 Å². The van der Waals surface area contributed by atoms with E-state index in [1.54, 1.807) is 0 Å². The number of H-pyrrole nitrogens is 1. The molecular formula is C9H8N2O3. The fourth-order valence-electron chi connectivity index (χ4n) is 1.26. The van der Waals surface area contributed by atoms with E-state index in [9.17, 15) is 9.90 Å². The van der Waals surface area contributed by atoms with Crippen LogP contribution in [0.5, 0.6) is 11.5 Å². The van der Waals surface area contributed by atoms with Gasteiger partial charge in [0.05, 0.1) is 24.2 Å². The van der Waals surface area contributed by atoms with E-state index in [1.807, 2.05) is 0 Å². The Morgan fingerprint density at radius 3 is 3.00 bits per heavy atom. The second-order valence-corrected chi connectivity index (χ2v) is 2.80. The first kappa shape index (κ1) is 8.55. The number of hydrogen-bond acceptors (Lipinski definition) is 4. The van der Waals surface area contributed by atoms with Crippen molar-refractivity contribution in [2.45, 2.75) is 0 Å². The molecule has 0 aliphatic carbocycles. The van der Waals surface area contributed by atoms with E-state index in [4.69, 9.17) is 4.74 Å². The summed E-state index contributed by atoms with van der Waals surface area (Å²) < 4.78 is 4.88. The number of hydrogen-bond donors (Lipinski definition) is 2. The number of benzene rings is 1. The Labute approximate surface area is 79.0 Å². The lowest BCUT2D eigenvalue weighted by molar-refractivity contribution is 0.374. The van der Waals surface area contributed by atoms with Crippen molar-refractivity contribution in [2.24, 2.45) is 0 Å². The molecule has 1 aromatic carbocycles. The van der Waals surface area contributed by atoms with Gasteiger partial charge in [-0.2, -0.15) is 5.10 Å². The van der Waals surface area contributed by atoms with Crippen LogP contribution in [0, 0.1) is 0 Å². The van der Waals surface area contributed by atoms with Crippen LogP contribution in [0.15, 0.2) is 23.1 Å². The molecule has 2 rings (SSSR count). The molecule has 0 spiro atoms. The molecule has 0 atom stereocenters. The predicted octanol–water partition coefficient (Wildman–Crippen LogP) is 0.637. The topological polar surface area (TPSA) is 75.2 Å². The number of aromatic amines is 1. The van der Waals surface area contributed by atoms with Crippen molar-refractivity contribution in [1.29, 1.82) is 0 Å². The zero-order valence-corrected chi connectivity index (χ0v) is 7.44. The van der Waals surface area contributed by atoms with Crippen molar-refractivity contribution in [3.63, 3.8) is 0 Å². The Balaban J connectivity index is 2.87. The molecule has 0 aliphatic heterocycles. The van der Waals surface area contributed by atoms with Crippen molar-refractivity contribution >= 4 is 10.9 Å². The summed E-state index contributed by atoms with van der Waals surface area (Å²) >= 11 is 0. The zero-order chi connectivity index (χ0) is 10.1. The molecule has 14 heavy (non-hydrogen) atoms. The highest BCUT2D eigenvalue weighted by molar-refractivity contribution is 5.81. The minimum Gasteiger partial charge on any atom is -0.504 e. The lowest BCUT2D eigenvalue weighted by Gasteiger charge is -2.03. The van der Waals surface area contributed by atoms with E-state index in [-0.39, 0.29) is 16.9 Å². The summed E-state index contributed by atoms with van der Waals surface area (Å²) in [5.74, 6) is 0.248. The van der Waals surface area contributed by atoms with Crippen LogP contribution in [0.1, 0.15) is 0 Å². The van der Waals surface area contributed by atoms with Gasteiger partial charge in [0.1, 0.15) is 0 Å². The molecule has 0 amide bonds. The summed E-state index contributed by atoms with van der Waals surface area (Å²) in [6.07, 6.45) is 1.18. The van der Waals surface area contributed by atoms with Crippen LogP contribution < -0.4 is 10.2 Å². The number of aromatic hydroxyl groups is 1. The van der Waals surface area contributed by atoms with Crippen molar-refractivity contribution in [3.8, 4) is 11.5 Å². The minimum absolute atomic E-state index is 0.0244. The van der Waals surface area contributed by atoms with Crippen LogP contribution >= 0.6 is 0 Å². The fourth-order valence-corrected chi connectivity index (χ4v) is 1.26. The first-order chi connectivity index (χ1) is 6.72. The Bertz CT molecular complexity index is 533. The van der Waals surface area contributed by atoms with Crippen LogP contribution in [0.25, 0.3) is 10.9 Å². The summed E-state index contributed by atoms with van der Waals surface area (Å²) in [5.41, 5.74) is 0.271.